The van der Waals surface area contributed by atoms with Crippen LogP contribution in [-0.2, 0) is 6.54 Å². The van der Waals surface area contributed by atoms with E-state index in [1.54, 1.807) is 29.1 Å². The first-order valence-electron chi connectivity index (χ1n) is 7.88. The summed E-state index contributed by atoms with van der Waals surface area (Å²) >= 11 is 3.39. The van der Waals surface area contributed by atoms with Crippen LogP contribution in [0.15, 0.2) is 59.3 Å². The first-order chi connectivity index (χ1) is 12.2. The van der Waals surface area contributed by atoms with Crippen LogP contribution in [0, 0.1) is 0 Å². The van der Waals surface area contributed by atoms with Gasteiger partial charge >= 0.3 is 0 Å². The number of hydrogen-bond donors (Lipinski definition) is 1. The minimum absolute atomic E-state index is 0.237. The second-order valence-electron chi connectivity index (χ2n) is 5.34. The number of halogens is 1. The molecule has 0 aliphatic rings. The number of hydrogen-bond acceptors (Lipinski definition) is 4. The third kappa shape index (κ3) is 4.45. The summed E-state index contributed by atoms with van der Waals surface area (Å²) in [5, 5.41) is 7.03. The lowest BCUT2D eigenvalue weighted by molar-refractivity contribution is 0.102. The van der Waals surface area contributed by atoms with Gasteiger partial charge in [0.05, 0.1) is 11.8 Å². The van der Waals surface area contributed by atoms with Crippen LogP contribution in [0.2, 0.25) is 0 Å². The molecule has 1 aromatic carbocycles. The van der Waals surface area contributed by atoms with Crippen LogP contribution in [0.3, 0.4) is 0 Å². The van der Waals surface area contributed by atoms with Gasteiger partial charge in [-0.05, 0) is 30.7 Å². The van der Waals surface area contributed by atoms with E-state index in [-0.39, 0.29) is 5.91 Å². The average Bonchev–Trinajstić information content (AvgIpc) is 3.03. The topological polar surface area (TPSA) is 69.0 Å². The zero-order chi connectivity index (χ0) is 17.6. The number of amides is 1. The summed E-state index contributed by atoms with van der Waals surface area (Å²) in [4.78, 5) is 16.5. The predicted molar refractivity (Wildman–Crippen MR) is 98.9 cm³/mol. The average molecular weight is 401 g/mol. The molecule has 1 amide bonds. The summed E-state index contributed by atoms with van der Waals surface area (Å²) < 4.78 is 8.34. The number of aryl methyl sites for hydroxylation is 1. The Balaban J connectivity index is 1.67. The Morgan fingerprint density at radius 2 is 2.16 bits per heavy atom. The minimum atomic E-state index is -0.237. The number of carbonyl (C=O) groups excluding carboxylic acids is 1. The van der Waals surface area contributed by atoms with E-state index in [9.17, 15) is 4.79 Å². The Labute approximate surface area is 154 Å². The Kier molecular flexibility index (Phi) is 5.45. The van der Waals surface area contributed by atoms with Gasteiger partial charge in [-0.15, -0.1) is 0 Å². The van der Waals surface area contributed by atoms with Crippen LogP contribution in [0.1, 0.15) is 23.7 Å². The van der Waals surface area contributed by atoms with E-state index in [4.69, 9.17) is 4.74 Å². The van der Waals surface area contributed by atoms with Crippen molar-refractivity contribution in [3.05, 3.63) is 64.9 Å². The second-order valence-corrected chi connectivity index (χ2v) is 6.25. The highest BCUT2D eigenvalue weighted by molar-refractivity contribution is 9.10. The molecule has 0 saturated carbocycles. The molecule has 128 valence electrons. The molecular formula is C18H17BrN4O2. The number of ether oxygens (including phenoxy) is 1. The van der Waals surface area contributed by atoms with Gasteiger partial charge < -0.3 is 10.1 Å². The van der Waals surface area contributed by atoms with Gasteiger partial charge in [-0.2, -0.15) is 5.10 Å². The molecule has 0 aliphatic heterocycles. The van der Waals surface area contributed by atoms with Gasteiger partial charge in [0.1, 0.15) is 11.6 Å². The van der Waals surface area contributed by atoms with Crippen molar-refractivity contribution < 1.29 is 9.53 Å². The van der Waals surface area contributed by atoms with Gasteiger partial charge in [0.2, 0.25) is 5.88 Å². The Hall–Kier alpha value is -2.67. The molecule has 1 N–H and O–H groups in total. The van der Waals surface area contributed by atoms with Crippen molar-refractivity contribution >= 4 is 27.7 Å². The summed E-state index contributed by atoms with van der Waals surface area (Å²) in [5.74, 6) is 1.52. The second kappa shape index (κ2) is 7.94. The quantitative estimate of drug-likeness (QED) is 0.661. The lowest BCUT2D eigenvalue weighted by atomic mass is 10.2. The number of nitrogens with one attached hydrogen (secondary N) is 1. The van der Waals surface area contributed by atoms with E-state index in [0.717, 1.165) is 17.4 Å². The maximum absolute atomic E-state index is 12.3. The highest BCUT2D eigenvalue weighted by Crippen LogP contribution is 2.23. The fourth-order valence-corrected chi connectivity index (χ4v) is 2.62. The number of carbonyl (C=O) groups is 1. The lowest BCUT2D eigenvalue weighted by Crippen LogP contribution is -2.16. The molecule has 0 spiro atoms. The summed E-state index contributed by atoms with van der Waals surface area (Å²) in [6.07, 6.45) is 4.09. The molecule has 0 fully saturated rings. The molecule has 0 radical (unpaired) electrons. The van der Waals surface area contributed by atoms with E-state index in [0.29, 0.717) is 23.0 Å². The summed E-state index contributed by atoms with van der Waals surface area (Å²) in [6, 6.07) is 12.6. The molecule has 3 aromatic rings. The molecule has 0 bridgehead atoms. The standard InChI is InChI=1S/C18H17BrN4O2/c1-2-10-23-16(8-9-21-23)22-18(24)13-6-7-17(20-12-13)25-15-5-3-4-14(19)11-15/h3-9,11-12H,2,10H2,1H3,(H,22,24). The third-order valence-corrected chi connectivity index (χ3v) is 3.90. The highest BCUT2D eigenvalue weighted by atomic mass is 79.9. The third-order valence-electron chi connectivity index (χ3n) is 3.41. The molecule has 0 saturated heterocycles. The Morgan fingerprint density at radius 3 is 2.88 bits per heavy atom. The lowest BCUT2D eigenvalue weighted by Gasteiger charge is -2.09. The zero-order valence-electron chi connectivity index (χ0n) is 13.6. The molecule has 25 heavy (non-hydrogen) atoms. The van der Waals surface area contributed by atoms with Crippen LogP contribution < -0.4 is 10.1 Å². The molecule has 0 atom stereocenters. The van der Waals surface area contributed by atoms with Crippen molar-refractivity contribution in [2.24, 2.45) is 0 Å². The smallest absolute Gasteiger partial charge is 0.258 e. The van der Waals surface area contributed by atoms with Crippen molar-refractivity contribution in [2.75, 3.05) is 5.32 Å². The molecular weight excluding hydrogens is 384 g/mol. The monoisotopic (exact) mass is 400 g/mol. The molecule has 2 aromatic heterocycles. The predicted octanol–water partition coefficient (Wildman–Crippen LogP) is 4.50. The summed E-state index contributed by atoms with van der Waals surface area (Å²) in [6.45, 7) is 2.81. The van der Waals surface area contributed by atoms with Crippen LogP contribution in [0.5, 0.6) is 11.6 Å². The van der Waals surface area contributed by atoms with Crippen molar-refractivity contribution in [3.8, 4) is 11.6 Å². The maximum Gasteiger partial charge on any atom is 0.258 e. The zero-order valence-corrected chi connectivity index (χ0v) is 15.2. The van der Waals surface area contributed by atoms with Crippen LogP contribution in [0.4, 0.5) is 5.82 Å². The molecule has 6 nitrogen and oxygen atoms in total. The van der Waals surface area contributed by atoms with E-state index in [2.05, 4.69) is 38.3 Å². The minimum Gasteiger partial charge on any atom is -0.439 e. The Bertz CT molecular complexity index is 862. The van der Waals surface area contributed by atoms with E-state index < -0.39 is 0 Å². The van der Waals surface area contributed by atoms with Crippen molar-refractivity contribution in [2.45, 2.75) is 19.9 Å². The van der Waals surface area contributed by atoms with Gasteiger partial charge in [0, 0.05) is 29.3 Å². The van der Waals surface area contributed by atoms with Crippen LogP contribution in [0.25, 0.3) is 0 Å². The number of rotatable bonds is 6. The fourth-order valence-electron chi connectivity index (χ4n) is 2.24. The van der Waals surface area contributed by atoms with Gasteiger partial charge in [-0.1, -0.05) is 28.9 Å². The van der Waals surface area contributed by atoms with Crippen LogP contribution >= 0.6 is 15.9 Å². The summed E-state index contributed by atoms with van der Waals surface area (Å²) in [5.41, 5.74) is 0.450. The molecule has 0 aliphatic carbocycles. The normalized spacial score (nSPS) is 10.5. The highest BCUT2D eigenvalue weighted by Gasteiger charge is 2.10. The van der Waals surface area contributed by atoms with E-state index in [1.165, 1.54) is 6.20 Å². The Morgan fingerprint density at radius 1 is 1.28 bits per heavy atom. The molecule has 7 heteroatoms. The first-order valence-corrected chi connectivity index (χ1v) is 8.67. The fraction of sp³-hybridized carbons (Fsp3) is 0.167. The van der Waals surface area contributed by atoms with Crippen LogP contribution in [-0.4, -0.2) is 20.7 Å². The SMILES string of the molecule is CCCn1nccc1NC(=O)c1ccc(Oc2cccc(Br)c2)nc1. The van der Waals surface area contributed by atoms with Gasteiger partial charge in [0.25, 0.3) is 5.91 Å². The molecule has 0 unspecified atom stereocenters. The van der Waals surface area contributed by atoms with E-state index >= 15 is 0 Å². The van der Waals surface area contributed by atoms with Gasteiger partial charge in [0.15, 0.2) is 0 Å². The number of aromatic nitrogens is 3. The van der Waals surface area contributed by atoms with Crippen molar-refractivity contribution in [1.82, 2.24) is 14.8 Å². The van der Waals surface area contributed by atoms with Gasteiger partial charge in [-0.25, -0.2) is 9.67 Å². The first kappa shape index (κ1) is 17.2. The number of benzene rings is 1. The molecule has 2 heterocycles. The maximum atomic E-state index is 12.3. The van der Waals surface area contributed by atoms with Crippen molar-refractivity contribution in [1.29, 1.82) is 0 Å². The summed E-state index contributed by atoms with van der Waals surface area (Å²) in [7, 11) is 0. The van der Waals surface area contributed by atoms with E-state index in [1.807, 2.05) is 24.3 Å². The number of anilines is 1. The molecule has 3 rings (SSSR count). The number of pyridine rings is 1. The van der Waals surface area contributed by atoms with Crippen molar-refractivity contribution in [3.63, 3.8) is 0 Å². The number of nitrogens with zero attached hydrogens (tertiary/aromatic N) is 3. The largest absolute Gasteiger partial charge is 0.439 e. The van der Waals surface area contributed by atoms with Gasteiger partial charge in [-0.3, -0.25) is 4.79 Å².